The molecule has 0 aromatic rings. The van der Waals surface area contributed by atoms with E-state index < -0.39 is 0 Å². The lowest BCUT2D eigenvalue weighted by molar-refractivity contribution is 0.0548. The van der Waals surface area contributed by atoms with E-state index in [-0.39, 0.29) is 0 Å². The standard InChI is InChI=1S/C18H36N2O/c1-5-19-17-16(7-6-10-18(17,2)3)13-20-11-8-15(9-12-20)14-21-4/h15-17,19H,5-14H2,1-4H3. The second-order valence-electron chi connectivity index (χ2n) is 7.88. The first kappa shape index (κ1) is 17.2. The Balaban J connectivity index is 1.86. The van der Waals surface area contributed by atoms with Crippen molar-refractivity contribution in [2.45, 2.75) is 58.9 Å². The van der Waals surface area contributed by atoms with Crippen molar-refractivity contribution in [2.24, 2.45) is 17.3 Å². The molecule has 2 unspecified atom stereocenters. The van der Waals surface area contributed by atoms with Crippen LogP contribution < -0.4 is 5.32 Å². The number of hydrogen-bond acceptors (Lipinski definition) is 3. The number of nitrogens with one attached hydrogen (secondary N) is 1. The van der Waals surface area contributed by atoms with Gasteiger partial charge in [-0.3, -0.25) is 0 Å². The Labute approximate surface area is 131 Å². The molecule has 0 radical (unpaired) electrons. The van der Waals surface area contributed by atoms with Gasteiger partial charge in [-0.25, -0.2) is 0 Å². The van der Waals surface area contributed by atoms with Gasteiger partial charge in [-0.1, -0.05) is 27.2 Å². The highest BCUT2D eigenvalue weighted by Crippen LogP contribution is 2.39. The van der Waals surface area contributed by atoms with Crippen molar-refractivity contribution in [1.29, 1.82) is 0 Å². The fraction of sp³-hybridized carbons (Fsp3) is 1.00. The Kier molecular flexibility index (Phi) is 6.51. The topological polar surface area (TPSA) is 24.5 Å². The normalized spacial score (nSPS) is 31.4. The van der Waals surface area contributed by atoms with Crippen molar-refractivity contribution in [3.63, 3.8) is 0 Å². The Morgan fingerprint density at radius 1 is 1.19 bits per heavy atom. The summed E-state index contributed by atoms with van der Waals surface area (Å²) in [7, 11) is 1.83. The minimum Gasteiger partial charge on any atom is -0.384 e. The summed E-state index contributed by atoms with van der Waals surface area (Å²) in [5, 5.41) is 3.80. The van der Waals surface area contributed by atoms with Crippen LogP contribution in [-0.4, -0.2) is 50.8 Å². The van der Waals surface area contributed by atoms with Gasteiger partial charge in [0.05, 0.1) is 0 Å². The molecule has 0 aromatic heterocycles. The van der Waals surface area contributed by atoms with E-state index in [2.05, 4.69) is 31.0 Å². The number of piperidine rings is 1. The molecule has 1 saturated heterocycles. The maximum atomic E-state index is 5.31. The Bertz CT molecular complexity index is 298. The highest BCUT2D eigenvalue weighted by Gasteiger charge is 2.39. The van der Waals surface area contributed by atoms with Crippen LogP contribution in [0.15, 0.2) is 0 Å². The first-order valence-corrected chi connectivity index (χ1v) is 9.01. The first-order valence-electron chi connectivity index (χ1n) is 9.01. The molecule has 0 bridgehead atoms. The molecular formula is C18H36N2O. The van der Waals surface area contributed by atoms with Gasteiger partial charge in [-0.2, -0.15) is 0 Å². The lowest BCUT2D eigenvalue weighted by atomic mass is 9.67. The molecule has 2 aliphatic rings. The minimum absolute atomic E-state index is 0.452. The van der Waals surface area contributed by atoms with Gasteiger partial charge in [0.15, 0.2) is 0 Å². The molecule has 0 aromatic carbocycles. The van der Waals surface area contributed by atoms with Crippen molar-refractivity contribution in [1.82, 2.24) is 10.2 Å². The van der Waals surface area contributed by atoms with E-state index in [1.165, 1.54) is 51.7 Å². The quantitative estimate of drug-likeness (QED) is 0.815. The van der Waals surface area contributed by atoms with Gasteiger partial charge in [0.2, 0.25) is 0 Å². The fourth-order valence-corrected chi connectivity index (χ4v) is 4.54. The molecule has 2 fully saturated rings. The van der Waals surface area contributed by atoms with Crippen LogP contribution in [0.2, 0.25) is 0 Å². The number of ether oxygens (including phenoxy) is 1. The summed E-state index contributed by atoms with van der Waals surface area (Å²) < 4.78 is 5.31. The summed E-state index contributed by atoms with van der Waals surface area (Å²) in [5.74, 6) is 1.62. The molecule has 124 valence electrons. The van der Waals surface area contributed by atoms with Crippen LogP contribution in [0.25, 0.3) is 0 Å². The van der Waals surface area contributed by atoms with Gasteiger partial charge in [0.1, 0.15) is 0 Å². The number of methoxy groups -OCH3 is 1. The average molecular weight is 296 g/mol. The lowest BCUT2D eigenvalue weighted by Crippen LogP contribution is -2.53. The van der Waals surface area contributed by atoms with Gasteiger partial charge in [0.25, 0.3) is 0 Å². The number of likely N-dealkylation sites (tertiary alicyclic amines) is 1. The molecule has 1 saturated carbocycles. The Morgan fingerprint density at radius 2 is 1.90 bits per heavy atom. The van der Waals surface area contributed by atoms with Gasteiger partial charge in [-0.05, 0) is 62.6 Å². The highest BCUT2D eigenvalue weighted by atomic mass is 16.5. The van der Waals surface area contributed by atoms with E-state index in [1.54, 1.807) is 0 Å². The predicted molar refractivity (Wildman–Crippen MR) is 89.6 cm³/mol. The molecule has 2 atom stereocenters. The highest BCUT2D eigenvalue weighted by molar-refractivity contribution is 4.94. The molecule has 1 N–H and O–H groups in total. The number of hydrogen-bond donors (Lipinski definition) is 1. The van der Waals surface area contributed by atoms with Crippen molar-refractivity contribution in [3.05, 3.63) is 0 Å². The number of rotatable bonds is 6. The lowest BCUT2D eigenvalue weighted by Gasteiger charge is -2.46. The number of nitrogens with zero attached hydrogens (tertiary/aromatic N) is 1. The van der Waals surface area contributed by atoms with E-state index in [4.69, 9.17) is 4.74 Å². The van der Waals surface area contributed by atoms with Gasteiger partial charge in [0, 0.05) is 26.3 Å². The third-order valence-corrected chi connectivity index (χ3v) is 5.74. The minimum atomic E-state index is 0.452. The van der Waals surface area contributed by atoms with Crippen molar-refractivity contribution >= 4 is 0 Å². The van der Waals surface area contributed by atoms with Gasteiger partial charge in [-0.15, -0.1) is 0 Å². The zero-order chi connectivity index (χ0) is 15.3. The van der Waals surface area contributed by atoms with Gasteiger partial charge >= 0.3 is 0 Å². The fourth-order valence-electron chi connectivity index (χ4n) is 4.54. The van der Waals surface area contributed by atoms with Crippen molar-refractivity contribution in [2.75, 3.05) is 39.9 Å². The summed E-state index contributed by atoms with van der Waals surface area (Å²) >= 11 is 0. The zero-order valence-electron chi connectivity index (χ0n) is 14.7. The summed E-state index contributed by atoms with van der Waals surface area (Å²) in [6.45, 7) is 13.0. The largest absolute Gasteiger partial charge is 0.384 e. The van der Waals surface area contributed by atoms with Crippen LogP contribution in [0.3, 0.4) is 0 Å². The molecule has 1 aliphatic heterocycles. The monoisotopic (exact) mass is 296 g/mol. The van der Waals surface area contributed by atoms with Crippen LogP contribution in [0.1, 0.15) is 52.9 Å². The molecule has 1 heterocycles. The van der Waals surface area contributed by atoms with Crippen LogP contribution in [-0.2, 0) is 4.74 Å². The molecule has 1 aliphatic carbocycles. The van der Waals surface area contributed by atoms with Crippen LogP contribution in [0.5, 0.6) is 0 Å². The average Bonchev–Trinajstić information content (AvgIpc) is 2.45. The van der Waals surface area contributed by atoms with E-state index in [9.17, 15) is 0 Å². The summed E-state index contributed by atoms with van der Waals surface area (Å²) in [6, 6.07) is 0.688. The van der Waals surface area contributed by atoms with Crippen LogP contribution >= 0.6 is 0 Å². The molecule has 21 heavy (non-hydrogen) atoms. The second-order valence-corrected chi connectivity index (χ2v) is 7.88. The van der Waals surface area contributed by atoms with Crippen molar-refractivity contribution in [3.8, 4) is 0 Å². The van der Waals surface area contributed by atoms with Crippen LogP contribution in [0, 0.1) is 17.3 Å². The maximum Gasteiger partial charge on any atom is 0.0491 e. The Morgan fingerprint density at radius 3 is 2.52 bits per heavy atom. The first-order chi connectivity index (χ1) is 10.1. The zero-order valence-corrected chi connectivity index (χ0v) is 14.7. The summed E-state index contributed by atoms with van der Waals surface area (Å²) in [5.41, 5.74) is 0.452. The van der Waals surface area contributed by atoms with E-state index >= 15 is 0 Å². The molecule has 0 amide bonds. The molecule has 3 heteroatoms. The van der Waals surface area contributed by atoms with E-state index in [1.807, 2.05) is 7.11 Å². The predicted octanol–water partition coefficient (Wildman–Crippen LogP) is 3.15. The third kappa shape index (κ3) is 4.67. The third-order valence-electron chi connectivity index (χ3n) is 5.74. The summed E-state index contributed by atoms with van der Waals surface area (Å²) in [4.78, 5) is 2.71. The molecule has 3 nitrogen and oxygen atoms in total. The van der Waals surface area contributed by atoms with Crippen molar-refractivity contribution < 1.29 is 4.74 Å². The molecular weight excluding hydrogens is 260 g/mol. The van der Waals surface area contributed by atoms with Gasteiger partial charge < -0.3 is 15.0 Å². The van der Waals surface area contributed by atoms with E-state index in [0.29, 0.717) is 11.5 Å². The van der Waals surface area contributed by atoms with Crippen LogP contribution in [0.4, 0.5) is 0 Å². The smallest absolute Gasteiger partial charge is 0.0491 e. The molecule has 2 rings (SSSR count). The SMILES string of the molecule is CCNC1C(CN2CCC(COC)CC2)CCCC1(C)C. The molecule has 0 spiro atoms. The Hall–Kier alpha value is -0.120. The maximum absolute atomic E-state index is 5.31. The second kappa shape index (κ2) is 7.94. The van der Waals surface area contributed by atoms with E-state index in [0.717, 1.165) is 25.0 Å². The summed E-state index contributed by atoms with van der Waals surface area (Å²) in [6.07, 6.45) is 6.81.